The van der Waals surface area contributed by atoms with E-state index in [1.165, 1.54) is 0 Å². The minimum atomic E-state index is -4.41. The van der Waals surface area contributed by atoms with Gasteiger partial charge in [0, 0.05) is 36.6 Å². The number of aryl methyl sites for hydroxylation is 1. The number of fused-ring (bicyclic) bond motifs is 2. The number of hydrogen-bond acceptors (Lipinski definition) is 9. The van der Waals surface area contributed by atoms with Gasteiger partial charge in [-0.15, -0.1) is 0 Å². The summed E-state index contributed by atoms with van der Waals surface area (Å²) in [6, 6.07) is 31.3. The summed E-state index contributed by atoms with van der Waals surface area (Å²) < 4.78 is 83.1. The Balaban J connectivity index is 0.00000486. The molecule has 6 rings (SSSR count). The normalized spacial score (nSPS) is 14.1. The summed E-state index contributed by atoms with van der Waals surface area (Å²) >= 11 is 0. The van der Waals surface area contributed by atoms with Crippen molar-refractivity contribution in [1.29, 1.82) is 0 Å². The van der Waals surface area contributed by atoms with Crippen LogP contribution in [0.3, 0.4) is 0 Å². The van der Waals surface area contributed by atoms with Gasteiger partial charge in [0.2, 0.25) is 11.5 Å². The van der Waals surface area contributed by atoms with Crippen molar-refractivity contribution < 1.29 is 91.0 Å². The van der Waals surface area contributed by atoms with Crippen molar-refractivity contribution in [1.82, 2.24) is 0 Å². The SMILES string of the molecule is CCC(=C\c1oc2ccc(-c3ccccc3)cc2[n+]1CCCS(=O)(=O)[O-])/C=C1/Oc2ccc(-c3ccccc3)cc2N1CCCS(=O)(=O)[O-].[K+]. The molecular weight excluding hydrogens is 704 g/mol. The van der Waals surface area contributed by atoms with E-state index in [0.29, 0.717) is 29.5 Å². The maximum Gasteiger partial charge on any atom is 1.00 e. The average molecular weight is 739 g/mol. The van der Waals surface area contributed by atoms with Gasteiger partial charge in [-0.05, 0) is 58.9 Å². The maximum absolute atomic E-state index is 11.4. The topological polar surface area (TPSA) is 144 Å². The summed E-state index contributed by atoms with van der Waals surface area (Å²) in [7, 11) is -8.81. The van der Waals surface area contributed by atoms with Gasteiger partial charge in [0.1, 0.15) is 0 Å². The number of hydrogen-bond donors (Lipinski definition) is 0. The third-order valence-electron chi connectivity index (χ3n) is 8.25. The summed E-state index contributed by atoms with van der Waals surface area (Å²) in [4.78, 5) is 1.87. The standard InChI is InChI=1S/C37H36N2O8S2.K/c1-2-27(23-36-38(19-9-21-48(40,41)42)32-25-30(15-17-34(32)46-36)28-11-5-3-6-12-28)24-37-39(20-10-22-49(43,44)45)33-26-31(16-18-35(33)47-37)29-13-7-4-8-14-29;/h3-8,11-18,23-26H,2,9-10,19-22H2,1H3,(H-,40,41,42,43,44,45);/q;+1/p-1. The number of anilines is 1. The molecule has 0 aliphatic carbocycles. The van der Waals surface area contributed by atoms with Crippen LogP contribution in [-0.2, 0) is 26.8 Å². The molecule has 4 aromatic carbocycles. The third-order valence-corrected chi connectivity index (χ3v) is 9.83. The largest absolute Gasteiger partial charge is 1.00 e. The first-order chi connectivity index (χ1) is 23.5. The molecule has 1 aliphatic rings. The van der Waals surface area contributed by atoms with Gasteiger partial charge < -0.3 is 23.2 Å². The van der Waals surface area contributed by atoms with Crippen molar-refractivity contribution in [2.45, 2.75) is 32.7 Å². The Hall–Kier alpha value is -3.11. The molecule has 0 atom stereocenters. The Labute approximate surface area is 335 Å². The van der Waals surface area contributed by atoms with E-state index < -0.39 is 31.7 Å². The van der Waals surface area contributed by atoms with Crippen molar-refractivity contribution in [3.8, 4) is 28.0 Å². The third kappa shape index (κ3) is 9.60. The fraction of sp³-hybridized carbons (Fsp3) is 0.216. The molecule has 50 heavy (non-hydrogen) atoms. The second-order valence-corrected chi connectivity index (χ2v) is 14.8. The number of nitrogens with zero attached hydrogens (tertiary/aromatic N) is 2. The summed E-state index contributed by atoms with van der Waals surface area (Å²) in [6.45, 7) is 2.43. The van der Waals surface area contributed by atoms with Crippen LogP contribution in [0.1, 0.15) is 32.1 Å². The fourth-order valence-electron chi connectivity index (χ4n) is 5.86. The van der Waals surface area contributed by atoms with Crippen LogP contribution in [0.5, 0.6) is 5.75 Å². The number of aromatic nitrogens is 1. The van der Waals surface area contributed by atoms with Crippen LogP contribution < -0.4 is 65.6 Å². The van der Waals surface area contributed by atoms with E-state index in [1.54, 1.807) is 0 Å². The molecule has 1 aliphatic heterocycles. The fourth-order valence-corrected chi connectivity index (χ4v) is 6.83. The molecule has 0 saturated heterocycles. The number of ether oxygens (including phenoxy) is 1. The molecule has 0 unspecified atom stereocenters. The molecule has 5 aromatic rings. The predicted octanol–water partition coefficient (Wildman–Crippen LogP) is 3.46. The van der Waals surface area contributed by atoms with Crippen LogP contribution in [0, 0.1) is 0 Å². The van der Waals surface area contributed by atoms with E-state index in [2.05, 4.69) is 0 Å². The Morgan fingerprint density at radius 1 is 0.780 bits per heavy atom. The van der Waals surface area contributed by atoms with Crippen LogP contribution in [0.4, 0.5) is 5.69 Å². The molecule has 0 amide bonds. The van der Waals surface area contributed by atoms with Gasteiger partial charge in [0.05, 0.1) is 32.0 Å². The molecule has 0 fully saturated rings. The van der Waals surface area contributed by atoms with Crippen LogP contribution >= 0.6 is 0 Å². The van der Waals surface area contributed by atoms with Gasteiger partial charge in [0.25, 0.3) is 5.52 Å². The average Bonchev–Trinajstić information content (AvgIpc) is 3.60. The maximum atomic E-state index is 11.4. The summed E-state index contributed by atoms with van der Waals surface area (Å²) in [5, 5.41) is 0. The zero-order valence-electron chi connectivity index (χ0n) is 27.8. The van der Waals surface area contributed by atoms with E-state index in [1.807, 2.05) is 126 Å². The van der Waals surface area contributed by atoms with Crippen molar-refractivity contribution in [3.05, 3.63) is 120 Å². The Morgan fingerprint density at radius 3 is 2.00 bits per heavy atom. The van der Waals surface area contributed by atoms with Gasteiger partial charge in [-0.2, -0.15) is 4.57 Å². The first-order valence-corrected chi connectivity index (χ1v) is 19.1. The van der Waals surface area contributed by atoms with Crippen LogP contribution in [-0.4, -0.2) is 44.0 Å². The number of rotatable bonds is 13. The Morgan fingerprint density at radius 2 is 1.38 bits per heavy atom. The predicted molar refractivity (Wildman–Crippen MR) is 186 cm³/mol. The molecule has 0 bridgehead atoms. The first-order valence-electron chi connectivity index (χ1n) is 15.9. The molecule has 13 heteroatoms. The van der Waals surface area contributed by atoms with Crippen molar-refractivity contribution in [3.63, 3.8) is 0 Å². The molecule has 0 spiro atoms. The minimum absolute atomic E-state index is 0. The molecule has 254 valence electrons. The number of benzene rings is 4. The quantitative estimate of drug-likeness (QED) is 0.101. The van der Waals surface area contributed by atoms with Gasteiger partial charge in [-0.1, -0.05) is 79.7 Å². The molecule has 0 saturated carbocycles. The summed E-state index contributed by atoms with van der Waals surface area (Å²) in [5.41, 5.74) is 6.82. The molecular formula is C37H35KN2O8S2. The molecule has 10 nitrogen and oxygen atoms in total. The van der Waals surface area contributed by atoms with Crippen LogP contribution in [0.2, 0.25) is 0 Å². The monoisotopic (exact) mass is 738 g/mol. The van der Waals surface area contributed by atoms with Crippen LogP contribution in [0.25, 0.3) is 39.4 Å². The molecule has 0 N–H and O–H groups in total. The second-order valence-electron chi connectivity index (χ2n) is 11.7. The first kappa shape index (κ1) is 38.1. The minimum Gasteiger partial charge on any atom is -0.748 e. The molecule has 1 aromatic heterocycles. The van der Waals surface area contributed by atoms with Crippen molar-refractivity contribution in [2.24, 2.45) is 0 Å². The molecule has 0 radical (unpaired) electrons. The van der Waals surface area contributed by atoms with E-state index in [-0.39, 0.29) is 77.3 Å². The van der Waals surface area contributed by atoms with E-state index in [9.17, 15) is 25.9 Å². The van der Waals surface area contributed by atoms with Gasteiger partial charge in [-0.3, -0.25) is 0 Å². The van der Waals surface area contributed by atoms with Crippen molar-refractivity contribution >= 4 is 43.1 Å². The Kier molecular flexibility index (Phi) is 12.6. The number of allylic oxidation sites excluding steroid dienone is 2. The van der Waals surface area contributed by atoms with Gasteiger partial charge in [0.15, 0.2) is 12.3 Å². The smallest absolute Gasteiger partial charge is 0.748 e. The Bertz CT molecular complexity index is 2250. The molecule has 2 heterocycles. The zero-order chi connectivity index (χ0) is 34.6. The van der Waals surface area contributed by atoms with E-state index >= 15 is 0 Å². The van der Waals surface area contributed by atoms with Crippen molar-refractivity contribution in [2.75, 3.05) is 23.0 Å². The summed E-state index contributed by atoms with van der Waals surface area (Å²) in [5.74, 6) is 0.497. The van der Waals surface area contributed by atoms with E-state index in [4.69, 9.17) is 9.15 Å². The van der Waals surface area contributed by atoms with Gasteiger partial charge in [-0.25, -0.2) is 16.8 Å². The second kappa shape index (κ2) is 16.5. The number of oxazole rings is 1. The van der Waals surface area contributed by atoms with E-state index in [0.717, 1.165) is 39.0 Å². The van der Waals surface area contributed by atoms with Gasteiger partial charge >= 0.3 is 57.3 Å². The zero-order valence-corrected chi connectivity index (χ0v) is 32.6. The summed E-state index contributed by atoms with van der Waals surface area (Å²) in [6.07, 6.45) is 4.46. The van der Waals surface area contributed by atoms with Crippen LogP contribution in [0.15, 0.2) is 119 Å².